The zero-order valence-corrected chi connectivity index (χ0v) is 15.1. The Bertz CT molecular complexity index is 769. The zero-order chi connectivity index (χ0) is 19.7. The van der Waals surface area contributed by atoms with Gasteiger partial charge < -0.3 is 19.5 Å². The van der Waals surface area contributed by atoms with Gasteiger partial charge >= 0.3 is 17.9 Å². The van der Waals surface area contributed by atoms with Crippen molar-refractivity contribution in [2.45, 2.75) is 46.0 Å². The fourth-order valence-electron chi connectivity index (χ4n) is 2.03. The fourth-order valence-corrected chi connectivity index (χ4v) is 2.03. The number of esters is 3. The smallest absolute Gasteiger partial charge is 0.350 e. The second kappa shape index (κ2) is 6.78. The highest BCUT2D eigenvalue weighted by Crippen LogP contribution is 2.24. The van der Waals surface area contributed by atoms with Crippen LogP contribution in [0.5, 0.6) is 0 Å². The molecule has 1 N–H and O–H groups in total. The minimum absolute atomic E-state index is 0.108. The van der Waals surface area contributed by atoms with Crippen LogP contribution in [0.15, 0.2) is 30.0 Å². The average Bonchev–Trinajstić information content (AvgIpc) is 2.44. The Kier molecular flexibility index (Phi) is 5.06. The number of anilines is 1. The summed E-state index contributed by atoms with van der Waals surface area (Å²) in [6.45, 7) is 7.95. The first-order valence-corrected chi connectivity index (χ1v) is 7.84. The Balaban J connectivity index is 2.22. The first-order valence-electron chi connectivity index (χ1n) is 7.84. The molecule has 0 bridgehead atoms. The monoisotopic (exact) mass is 365 g/mol. The Labute approximate surface area is 150 Å². The van der Waals surface area contributed by atoms with Crippen LogP contribution in [0.4, 0.5) is 10.1 Å². The molecule has 7 nitrogen and oxygen atoms in total. The Morgan fingerprint density at radius 1 is 1.19 bits per heavy atom. The first kappa shape index (κ1) is 19.4. The summed E-state index contributed by atoms with van der Waals surface area (Å²) in [5, 5.41) is 2.48. The van der Waals surface area contributed by atoms with Gasteiger partial charge in [-0.2, -0.15) is 0 Å². The molecule has 140 valence electrons. The van der Waals surface area contributed by atoms with Gasteiger partial charge in [0.2, 0.25) is 0 Å². The van der Waals surface area contributed by atoms with Crippen molar-refractivity contribution >= 4 is 23.6 Å². The maximum absolute atomic E-state index is 14.0. The number of hydrogen-bond acceptors (Lipinski definition) is 7. The summed E-state index contributed by atoms with van der Waals surface area (Å²) in [6, 6.07) is 3.55. The lowest BCUT2D eigenvalue weighted by molar-refractivity contribution is -0.222. The predicted octanol–water partition coefficient (Wildman–Crippen LogP) is 2.91. The molecule has 0 radical (unpaired) electrons. The summed E-state index contributed by atoms with van der Waals surface area (Å²) in [7, 11) is 0. The number of ether oxygens (including phenoxy) is 3. The van der Waals surface area contributed by atoms with Crippen LogP contribution in [0.2, 0.25) is 0 Å². The van der Waals surface area contributed by atoms with E-state index in [-0.39, 0.29) is 11.3 Å². The largest absolute Gasteiger partial charge is 0.456 e. The Hall–Kier alpha value is -2.90. The van der Waals surface area contributed by atoms with E-state index < -0.39 is 40.7 Å². The van der Waals surface area contributed by atoms with Crippen LogP contribution in [-0.2, 0) is 23.8 Å². The van der Waals surface area contributed by atoms with E-state index in [1.165, 1.54) is 26.0 Å². The third kappa shape index (κ3) is 4.81. The summed E-state index contributed by atoms with van der Waals surface area (Å²) >= 11 is 0. The number of rotatable bonds is 3. The van der Waals surface area contributed by atoms with Crippen molar-refractivity contribution in [1.82, 2.24) is 0 Å². The van der Waals surface area contributed by atoms with Crippen LogP contribution >= 0.6 is 0 Å². The van der Waals surface area contributed by atoms with Gasteiger partial charge in [-0.15, -0.1) is 0 Å². The van der Waals surface area contributed by atoms with Crippen LogP contribution in [0.1, 0.15) is 45.0 Å². The second-order valence-corrected chi connectivity index (χ2v) is 7.08. The number of carbonyl (C=O) groups excluding carboxylic acids is 3. The number of carbonyl (C=O) groups is 3. The van der Waals surface area contributed by atoms with E-state index in [0.29, 0.717) is 0 Å². The summed E-state index contributed by atoms with van der Waals surface area (Å²) in [5.41, 5.74) is -1.14. The molecule has 1 aliphatic rings. The summed E-state index contributed by atoms with van der Waals surface area (Å²) in [4.78, 5) is 35.8. The molecular formula is C18H20FNO6. The third-order valence-corrected chi connectivity index (χ3v) is 3.09. The molecule has 1 fully saturated rings. The van der Waals surface area contributed by atoms with Gasteiger partial charge in [-0.05, 0) is 39.0 Å². The van der Waals surface area contributed by atoms with Gasteiger partial charge in [-0.1, -0.05) is 0 Å². The van der Waals surface area contributed by atoms with Gasteiger partial charge in [0, 0.05) is 20.0 Å². The van der Waals surface area contributed by atoms with E-state index in [9.17, 15) is 18.8 Å². The van der Waals surface area contributed by atoms with Crippen molar-refractivity contribution in [3.8, 4) is 0 Å². The van der Waals surface area contributed by atoms with Crippen molar-refractivity contribution in [3.63, 3.8) is 0 Å². The molecule has 0 spiro atoms. The second-order valence-electron chi connectivity index (χ2n) is 7.08. The van der Waals surface area contributed by atoms with Crippen molar-refractivity contribution in [3.05, 3.63) is 41.4 Å². The van der Waals surface area contributed by atoms with Crippen molar-refractivity contribution < 1.29 is 33.0 Å². The van der Waals surface area contributed by atoms with Gasteiger partial charge in [-0.25, -0.2) is 18.8 Å². The predicted molar refractivity (Wildman–Crippen MR) is 89.5 cm³/mol. The van der Waals surface area contributed by atoms with Gasteiger partial charge in [0.15, 0.2) is 5.57 Å². The lowest BCUT2D eigenvalue weighted by Gasteiger charge is -2.29. The molecule has 0 aromatic heterocycles. The molecule has 8 heteroatoms. The van der Waals surface area contributed by atoms with Crippen LogP contribution in [0.25, 0.3) is 0 Å². The molecule has 2 rings (SSSR count). The molecule has 1 heterocycles. The van der Waals surface area contributed by atoms with E-state index in [1.54, 1.807) is 20.8 Å². The summed E-state index contributed by atoms with van der Waals surface area (Å²) in [6.07, 6.45) is 0.969. The van der Waals surface area contributed by atoms with Crippen LogP contribution in [-0.4, -0.2) is 29.3 Å². The highest BCUT2D eigenvalue weighted by molar-refractivity contribution is 6.15. The third-order valence-electron chi connectivity index (χ3n) is 3.09. The minimum Gasteiger partial charge on any atom is -0.456 e. The van der Waals surface area contributed by atoms with Crippen LogP contribution < -0.4 is 5.32 Å². The maximum Gasteiger partial charge on any atom is 0.350 e. The molecular weight excluding hydrogens is 345 g/mol. The fraction of sp³-hybridized carbons (Fsp3) is 0.389. The van der Waals surface area contributed by atoms with E-state index in [4.69, 9.17) is 14.2 Å². The van der Waals surface area contributed by atoms with Gasteiger partial charge in [0.25, 0.3) is 5.79 Å². The van der Waals surface area contributed by atoms with Gasteiger partial charge in [-0.3, -0.25) is 0 Å². The molecule has 0 amide bonds. The number of cyclic esters (lactones) is 2. The topological polar surface area (TPSA) is 90.9 Å². The van der Waals surface area contributed by atoms with Crippen molar-refractivity contribution in [2.75, 3.05) is 5.32 Å². The highest BCUT2D eigenvalue weighted by Gasteiger charge is 2.39. The summed E-state index contributed by atoms with van der Waals surface area (Å²) in [5.74, 6) is -4.49. The molecule has 1 aromatic carbocycles. The molecule has 1 aromatic rings. The molecule has 0 unspecified atom stereocenters. The standard InChI is InChI=1S/C18H20FNO6/c1-17(2,3)24-14(21)10-6-7-12(19)13(8-10)20-9-11-15(22)25-18(4,5)26-16(11)23/h6-9,20H,1-5H3. The van der Waals surface area contributed by atoms with E-state index in [1.807, 2.05) is 0 Å². The number of hydrogen-bond donors (Lipinski definition) is 1. The molecule has 0 saturated carbocycles. The number of nitrogens with one attached hydrogen (secondary N) is 1. The zero-order valence-electron chi connectivity index (χ0n) is 15.1. The molecule has 0 atom stereocenters. The minimum atomic E-state index is -1.37. The lowest BCUT2D eigenvalue weighted by atomic mass is 10.1. The highest BCUT2D eigenvalue weighted by atomic mass is 19.1. The normalized spacial score (nSPS) is 16.5. The van der Waals surface area contributed by atoms with Gasteiger partial charge in [0.1, 0.15) is 11.4 Å². The SMILES string of the molecule is CC(C)(C)OC(=O)c1ccc(F)c(NC=C2C(=O)OC(C)(C)OC2=O)c1. The first-order chi connectivity index (χ1) is 11.9. The number of benzene rings is 1. The molecule has 1 aliphatic heterocycles. The molecule has 26 heavy (non-hydrogen) atoms. The Morgan fingerprint density at radius 3 is 2.31 bits per heavy atom. The van der Waals surface area contributed by atoms with Crippen LogP contribution in [0.3, 0.4) is 0 Å². The Morgan fingerprint density at radius 2 is 1.77 bits per heavy atom. The summed E-state index contributed by atoms with van der Waals surface area (Å²) < 4.78 is 29.1. The van der Waals surface area contributed by atoms with E-state index >= 15 is 0 Å². The quantitative estimate of drug-likeness (QED) is 0.500. The van der Waals surface area contributed by atoms with E-state index in [0.717, 1.165) is 12.3 Å². The average molecular weight is 365 g/mol. The maximum atomic E-state index is 14.0. The molecule has 0 aliphatic carbocycles. The molecule has 1 saturated heterocycles. The van der Waals surface area contributed by atoms with Gasteiger partial charge in [0.05, 0.1) is 11.3 Å². The van der Waals surface area contributed by atoms with Crippen LogP contribution in [0, 0.1) is 5.82 Å². The van der Waals surface area contributed by atoms with E-state index in [2.05, 4.69) is 5.32 Å². The van der Waals surface area contributed by atoms with Crippen molar-refractivity contribution in [1.29, 1.82) is 0 Å². The van der Waals surface area contributed by atoms with Crippen molar-refractivity contribution in [2.24, 2.45) is 0 Å². The number of halogens is 1. The lowest BCUT2D eigenvalue weighted by Crippen LogP contribution is -2.42.